The molecule has 4 heterocycles. The molecule has 0 aliphatic carbocycles. The molecule has 1 aromatic heterocycles. The maximum absolute atomic E-state index is 12.5. The van der Waals surface area contributed by atoms with Crippen molar-refractivity contribution in [3.63, 3.8) is 0 Å². The number of aliphatic hydroxyl groups excluding tert-OH is 2. The van der Waals surface area contributed by atoms with Gasteiger partial charge in [0.15, 0.2) is 5.44 Å². The number of thioether (sulfide) groups is 1. The first-order chi connectivity index (χ1) is 18.4. The van der Waals surface area contributed by atoms with Gasteiger partial charge in [-0.2, -0.15) is 11.8 Å². The number of hydrogen-bond acceptors (Lipinski definition) is 10. The fourth-order valence-corrected chi connectivity index (χ4v) is 6.77. The van der Waals surface area contributed by atoms with Gasteiger partial charge in [0.25, 0.3) is 0 Å². The van der Waals surface area contributed by atoms with Crippen LogP contribution in [0.2, 0.25) is 0 Å². The highest BCUT2D eigenvalue weighted by molar-refractivity contribution is 8.00. The van der Waals surface area contributed by atoms with Gasteiger partial charge in [-0.1, -0.05) is 0 Å². The van der Waals surface area contributed by atoms with Crippen molar-refractivity contribution in [1.29, 1.82) is 0 Å². The van der Waals surface area contributed by atoms with Crippen molar-refractivity contribution in [2.24, 2.45) is 0 Å². The van der Waals surface area contributed by atoms with Gasteiger partial charge in [-0.05, 0) is 25.0 Å². The minimum atomic E-state index is -4.57. The minimum absolute atomic E-state index is 0.0274. The van der Waals surface area contributed by atoms with Crippen LogP contribution in [-0.4, -0.2) is 103 Å². The molecule has 3 aliphatic rings. The van der Waals surface area contributed by atoms with Gasteiger partial charge >= 0.3 is 13.6 Å². The highest BCUT2D eigenvalue weighted by Gasteiger charge is 2.46. The molecule has 3 fully saturated rings. The van der Waals surface area contributed by atoms with Gasteiger partial charge in [0.1, 0.15) is 30.1 Å². The second-order valence-electron chi connectivity index (χ2n) is 9.58. The van der Waals surface area contributed by atoms with Gasteiger partial charge in [0, 0.05) is 30.9 Å². The Balaban J connectivity index is 1.31. The van der Waals surface area contributed by atoms with Crippen molar-refractivity contribution in [1.82, 2.24) is 26.3 Å². The lowest BCUT2D eigenvalue weighted by Crippen LogP contribution is -2.66. The minimum Gasteiger partial charge on any atom is -0.461 e. The molecule has 0 spiro atoms. The van der Waals surface area contributed by atoms with Crippen LogP contribution in [0.4, 0.5) is 4.79 Å². The van der Waals surface area contributed by atoms with Gasteiger partial charge in [-0.15, -0.1) is 0 Å². The van der Waals surface area contributed by atoms with E-state index >= 15 is 0 Å². The molecular formula is C22H32N5O10PS. The van der Waals surface area contributed by atoms with Crippen LogP contribution in [0.15, 0.2) is 18.3 Å². The summed E-state index contributed by atoms with van der Waals surface area (Å²) in [6.07, 6.45) is -2.80. The number of aromatic nitrogens is 1. The summed E-state index contributed by atoms with van der Waals surface area (Å²) < 4.78 is 22.8. The number of pyridine rings is 1. The molecule has 0 radical (unpaired) electrons. The van der Waals surface area contributed by atoms with E-state index in [9.17, 15) is 38.9 Å². The van der Waals surface area contributed by atoms with Crippen molar-refractivity contribution < 1.29 is 48.4 Å². The monoisotopic (exact) mass is 589 g/mol. The molecule has 0 saturated carbocycles. The summed E-state index contributed by atoms with van der Waals surface area (Å²) in [5, 5.41) is 32.4. The number of aliphatic hydroxyl groups is 2. The van der Waals surface area contributed by atoms with E-state index in [-0.39, 0.29) is 48.0 Å². The number of urea groups is 1. The molecule has 0 aromatic carbocycles. The summed E-state index contributed by atoms with van der Waals surface area (Å²) in [5.41, 5.74) is -0.468. The maximum atomic E-state index is 12.5. The van der Waals surface area contributed by atoms with Gasteiger partial charge in [0.05, 0.1) is 18.3 Å². The number of nitrogens with one attached hydrogen (secondary N) is 4. The van der Waals surface area contributed by atoms with Crippen molar-refractivity contribution in [3.8, 4) is 5.75 Å². The fourth-order valence-electron chi connectivity index (χ4n) is 4.75. The molecule has 1 aromatic rings. The van der Waals surface area contributed by atoms with Crippen LogP contribution in [0.3, 0.4) is 0 Å². The zero-order valence-electron chi connectivity index (χ0n) is 20.9. The highest BCUT2D eigenvalue weighted by Crippen LogP contribution is 2.34. The van der Waals surface area contributed by atoms with Crippen LogP contribution < -0.4 is 31.4 Å². The molecule has 39 heavy (non-hydrogen) atoms. The average Bonchev–Trinajstić information content (AvgIpc) is 3.42. The molecule has 15 nitrogen and oxygen atoms in total. The molecule has 17 heteroatoms. The summed E-state index contributed by atoms with van der Waals surface area (Å²) >= 11 is 1.75. The third-order valence-electron chi connectivity index (χ3n) is 6.67. The highest BCUT2D eigenvalue weighted by atomic mass is 32.2. The molecular weight excluding hydrogens is 557 g/mol. The van der Waals surface area contributed by atoms with E-state index < -0.39 is 49.6 Å². The van der Waals surface area contributed by atoms with Crippen LogP contribution in [0.25, 0.3) is 0 Å². The molecule has 3 aliphatic heterocycles. The first kappa shape index (κ1) is 29.5. The standard InChI is InChI=1S/C22H32N5O10PS/c1-10(28)25-18-20(31)19(30)13(37-21(18)36-11-5-6-16(24-7-11)38(33,34)35)8-23-15(29)4-2-3-14-17-12(9-39-14)26-22(32)27-17/h5-7,12-14,17-21,30-31H,2-4,8-9H2,1H3,(H,23,29)(H,25,28)(H2,26,27,32)(H2,33,34,35)/t12-,13?,14-,17-,18?,19+,20+,21+/m0/s1. The van der Waals surface area contributed by atoms with Crippen molar-refractivity contribution >= 4 is 42.6 Å². The maximum Gasteiger partial charge on any atom is 0.374 e. The molecule has 0 bridgehead atoms. The van der Waals surface area contributed by atoms with Crippen molar-refractivity contribution in [2.75, 3.05) is 12.3 Å². The average molecular weight is 590 g/mol. The van der Waals surface area contributed by atoms with Crippen LogP contribution in [0.5, 0.6) is 5.75 Å². The van der Waals surface area contributed by atoms with E-state index in [4.69, 9.17) is 9.47 Å². The van der Waals surface area contributed by atoms with Gasteiger partial charge < -0.3 is 50.7 Å². The zero-order chi connectivity index (χ0) is 28.3. The smallest absolute Gasteiger partial charge is 0.374 e. The van der Waals surface area contributed by atoms with Crippen LogP contribution in [0, 0.1) is 0 Å². The molecule has 4 amide bonds. The molecule has 8 N–H and O–H groups in total. The Bertz CT molecular complexity index is 1110. The molecule has 4 rings (SSSR count). The van der Waals surface area contributed by atoms with Crippen molar-refractivity contribution in [2.45, 2.75) is 74.2 Å². The first-order valence-corrected chi connectivity index (χ1v) is 15.0. The fraction of sp³-hybridized carbons (Fsp3) is 0.636. The van der Waals surface area contributed by atoms with E-state index in [2.05, 4.69) is 26.3 Å². The molecule has 3 saturated heterocycles. The Hall–Kier alpha value is -2.46. The number of amides is 4. The van der Waals surface area contributed by atoms with E-state index in [1.54, 1.807) is 11.8 Å². The third-order valence-corrected chi connectivity index (χ3v) is 9.04. The molecule has 216 valence electrons. The summed E-state index contributed by atoms with van der Waals surface area (Å²) in [6.45, 7) is 1.06. The van der Waals surface area contributed by atoms with E-state index in [1.165, 1.54) is 13.0 Å². The number of ether oxygens (including phenoxy) is 2. The van der Waals surface area contributed by atoms with E-state index in [0.717, 1.165) is 24.4 Å². The second kappa shape index (κ2) is 12.4. The normalized spacial score (nSPS) is 32.1. The van der Waals surface area contributed by atoms with Crippen LogP contribution >= 0.6 is 19.4 Å². The Morgan fingerprint density at radius 1 is 1.26 bits per heavy atom. The van der Waals surface area contributed by atoms with Gasteiger partial charge in [0.2, 0.25) is 18.1 Å². The number of hydrogen-bond donors (Lipinski definition) is 8. The number of rotatable bonds is 10. The van der Waals surface area contributed by atoms with Gasteiger partial charge in [-0.3, -0.25) is 14.2 Å². The molecule has 2 unspecified atom stereocenters. The predicted molar refractivity (Wildman–Crippen MR) is 137 cm³/mol. The lowest BCUT2D eigenvalue weighted by molar-refractivity contribution is -0.235. The largest absolute Gasteiger partial charge is 0.461 e. The summed E-state index contributed by atoms with van der Waals surface area (Å²) in [6, 6.07) is 1.10. The van der Waals surface area contributed by atoms with Crippen molar-refractivity contribution in [3.05, 3.63) is 18.3 Å². The predicted octanol–water partition coefficient (Wildman–Crippen LogP) is -2.33. The third kappa shape index (κ3) is 7.39. The number of carbonyl (C=O) groups excluding carboxylic acids is 3. The summed E-state index contributed by atoms with van der Waals surface area (Å²) in [4.78, 5) is 57.8. The van der Waals surface area contributed by atoms with Crippen LogP contribution in [-0.2, 0) is 18.9 Å². The molecule has 8 atom stereocenters. The topological polar surface area (TPSA) is 229 Å². The van der Waals surface area contributed by atoms with Crippen LogP contribution in [0.1, 0.15) is 26.2 Å². The second-order valence-corrected chi connectivity index (χ2v) is 12.4. The Labute approximate surface area is 228 Å². The Morgan fingerprint density at radius 2 is 2.03 bits per heavy atom. The van der Waals surface area contributed by atoms with E-state index in [0.29, 0.717) is 6.42 Å². The lowest BCUT2D eigenvalue weighted by Gasteiger charge is -2.42. The summed E-state index contributed by atoms with van der Waals surface area (Å²) in [5.74, 6) is 0.0445. The number of carbonyl (C=O) groups is 3. The Kier molecular flexibility index (Phi) is 9.37. The number of nitrogens with zero attached hydrogens (tertiary/aromatic N) is 1. The lowest BCUT2D eigenvalue weighted by atomic mass is 9.96. The zero-order valence-corrected chi connectivity index (χ0v) is 22.6. The van der Waals surface area contributed by atoms with Gasteiger partial charge in [-0.25, -0.2) is 9.78 Å². The summed E-state index contributed by atoms with van der Waals surface area (Å²) in [7, 11) is -4.57. The SMILES string of the molecule is CC(=O)NC1[C@H](Oc2ccc(P(=O)(O)O)nc2)OC(CNC(=O)CCC[C@@H]2SC[C@@H]3NC(=O)N[C@@H]32)[C@@H](O)[C@@H]1O. The quantitative estimate of drug-likeness (QED) is 0.106. The van der Waals surface area contributed by atoms with E-state index in [1.807, 2.05) is 0 Å². The number of fused-ring (bicyclic) bond motifs is 1. The first-order valence-electron chi connectivity index (χ1n) is 12.3. The Morgan fingerprint density at radius 3 is 2.69 bits per heavy atom.